The third-order valence-corrected chi connectivity index (χ3v) is 2.19. The standard InChI is InChI=1S/C13H14F3NO/c1-2-8-17-12(18)7-6-10-4-3-5-11(9-10)13(14,15)16/h3-7,9H,2,8H2,1H3,(H,17,18)/b7-6+. The number of halogens is 3. The highest BCUT2D eigenvalue weighted by Gasteiger charge is 2.30. The molecular weight excluding hydrogens is 243 g/mol. The zero-order chi connectivity index (χ0) is 13.6. The van der Waals surface area contributed by atoms with Crippen molar-refractivity contribution in [3.63, 3.8) is 0 Å². The van der Waals surface area contributed by atoms with Crippen LogP contribution in [-0.2, 0) is 11.0 Å². The Kier molecular flexibility index (Phi) is 4.95. The normalized spacial score (nSPS) is 11.8. The zero-order valence-electron chi connectivity index (χ0n) is 9.92. The first kappa shape index (κ1) is 14.3. The fourth-order valence-corrected chi connectivity index (χ4v) is 1.30. The predicted molar refractivity (Wildman–Crippen MR) is 63.8 cm³/mol. The number of hydrogen-bond acceptors (Lipinski definition) is 1. The van der Waals surface area contributed by atoms with Gasteiger partial charge >= 0.3 is 6.18 Å². The minimum Gasteiger partial charge on any atom is -0.353 e. The Bertz CT molecular complexity index is 438. The summed E-state index contributed by atoms with van der Waals surface area (Å²) in [6.45, 7) is 2.46. The molecule has 0 atom stereocenters. The molecule has 0 saturated heterocycles. The zero-order valence-corrected chi connectivity index (χ0v) is 9.92. The molecule has 1 aromatic carbocycles. The van der Waals surface area contributed by atoms with Crippen molar-refractivity contribution in [2.75, 3.05) is 6.54 Å². The third kappa shape index (κ3) is 4.61. The van der Waals surface area contributed by atoms with Crippen LogP contribution in [-0.4, -0.2) is 12.5 Å². The number of hydrogen-bond donors (Lipinski definition) is 1. The average Bonchev–Trinajstić information content (AvgIpc) is 2.33. The molecule has 0 bridgehead atoms. The Morgan fingerprint density at radius 1 is 1.39 bits per heavy atom. The van der Waals surface area contributed by atoms with Crippen LogP contribution in [0.3, 0.4) is 0 Å². The third-order valence-electron chi connectivity index (χ3n) is 2.19. The summed E-state index contributed by atoms with van der Waals surface area (Å²) >= 11 is 0. The van der Waals surface area contributed by atoms with E-state index < -0.39 is 11.7 Å². The second-order valence-electron chi connectivity index (χ2n) is 3.75. The number of carbonyl (C=O) groups excluding carboxylic acids is 1. The Balaban J connectivity index is 2.73. The van der Waals surface area contributed by atoms with Gasteiger partial charge in [0.25, 0.3) is 0 Å². The first-order valence-electron chi connectivity index (χ1n) is 5.56. The average molecular weight is 257 g/mol. The van der Waals surface area contributed by atoms with Gasteiger partial charge in [-0.15, -0.1) is 0 Å². The second-order valence-corrected chi connectivity index (χ2v) is 3.75. The SMILES string of the molecule is CCCNC(=O)/C=C/c1cccc(C(F)(F)F)c1. The van der Waals surface area contributed by atoms with Crippen molar-refractivity contribution < 1.29 is 18.0 Å². The Hall–Kier alpha value is -1.78. The quantitative estimate of drug-likeness (QED) is 0.824. The van der Waals surface area contributed by atoms with E-state index in [4.69, 9.17) is 0 Å². The monoisotopic (exact) mass is 257 g/mol. The van der Waals surface area contributed by atoms with Crippen LogP contribution in [0.4, 0.5) is 13.2 Å². The van der Waals surface area contributed by atoms with Crippen LogP contribution in [0.2, 0.25) is 0 Å². The summed E-state index contributed by atoms with van der Waals surface area (Å²) in [5, 5.41) is 2.60. The molecule has 2 nitrogen and oxygen atoms in total. The Labute approximate surface area is 104 Å². The summed E-state index contributed by atoms with van der Waals surface area (Å²) in [5.41, 5.74) is -0.380. The molecule has 1 N–H and O–H groups in total. The predicted octanol–water partition coefficient (Wildman–Crippen LogP) is 3.24. The molecule has 0 heterocycles. The largest absolute Gasteiger partial charge is 0.416 e. The van der Waals surface area contributed by atoms with Crippen molar-refractivity contribution >= 4 is 12.0 Å². The first-order chi connectivity index (χ1) is 8.43. The molecule has 1 aromatic rings. The molecule has 98 valence electrons. The highest BCUT2D eigenvalue weighted by Crippen LogP contribution is 2.29. The van der Waals surface area contributed by atoms with E-state index in [1.807, 2.05) is 6.92 Å². The van der Waals surface area contributed by atoms with E-state index in [1.165, 1.54) is 24.3 Å². The Morgan fingerprint density at radius 2 is 2.11 bits per heavy atom. The summed E-state index contributed by atoms with van der Waals surface area (Å²) < 4.78 is 37.3. The molecule has 0 saturated carbocycles. The summed E-state index contributed by atoms with van der Waals surface area (Å²) in [5.74, 6) is -0.311. The van der Waals surface area contributed by atoms with Crippen molar-refractivity contribution in [2.45, 2.75) is 19.5 Å². The molecule has 0 aliphatic heterocycles. The van der Waals surface area contributed by atoms with Gasteiger partial charge < -0.3 is 5.32 Å². The summed E-state index contributed by atoms with van der Waals surface area (Å²) in [4.78, 5) is 11.2. The fourth-order valence-electron chi connectivity index (χ4n) is 1.30. The van der Waals surface area contributed by atoms with Gasteiger partial charge in [0, 0.05) is 12.6 Å². The molecule has 0 fully saturated rings. The minimum atomic E-state index is -4.37. The van der Waals surface area contributed by atoms with E-state index >= 15 is 0 Å². The van der Waals surface area contributed by atoms with Crippen molar-refractivity contribution in [1.82, 2.24) is 5.32 Å². The van der Waals surface area contributed by atoms with Crippen LogP contribution in [0.1, 0.15) is 24.5 Å². The van der Waals surface area contributed by atoms with Gasteiger partial charge in [0.15, 0.2) is 0 Å². The molecular formula is C13H14F3NO. The van der Waals surface area contributed by atoms with Crippen LogP contribution < -0.4 is 5.32 Å². The van der Waals surface area contributed by atoms with Gasteiger partial charge in [-0.2, -0.15) is 13.2 Å². The van der Waals surface area contributed by atoms with E-state index in [0.717, 1.165) is 18.6 Å². The highest BCUT2D eigenvalue weighted by atomic mass is 19.4. The van der Waals surface area contributed by atoms with E-state index in [-0.39, 0.29) is 5.91 Å². The van der Waals surface area contributed by atoms with Gasteiger partial charge in [-0.05, 0) is 30.2 Å². The van der Waals surface area contributed by atoms with Crippen LogP contribution in [0.25, 0.3) is 6.08 Å². The maximum Gasteiger partial charge on any atom is 0.416 e. The first-order valence-corrected chi connectivity index (χ1v) is 5.56. The van der Waals surface area contributed by atoms with E-state index in [0.29, 0.717) is 12.1 Å². The lowest BCUT2D eigenvalue weighted by Crippen LogP contribution is -2.21. The van der Waals surface area contributed by atoms with Gasteiger partial charge in [0.1, 0.15) is 0 Å². The van der Waals surface area contributed by atoms with E-state index in [9.17, 15) is 18.0 Å². The topological polar surface area (TPSA) is 29.1 Å². The van der Waals surface area contributed by atoms with Gasteiger partial charge in [0.05, 0.1) is 5.56 Å². The van der Waals surface area contributed by atoms with Gasteiger partial charge in [-0.3, -0.25) is 4.79 Å². The molecule has 0 aliphatic carbocycles. The summed E-state index contributed by atoms with van der Waals surface area (Å²) in [6, 6.07) is 4.82. The molecule has 0 aliphatic rings. The molecule has 0 aromatic heterocycles. The van der Waals surface area contributed by atoms with Crippen LogP contribution in [0.5, 0.6) is 0 Å². The lowest BCUT2D eigenvalue weighted by molar-refractivity contribution is -0.137. The van der Waals surface area contributed by atoms with Gasteiger partial charge in [-0.25, -0.2) is 0 Å². The second kappa shape index (κ2) is 6.23. The van der Waals surface area contributed by atoms with Crippen molar-refractivity contribution in [3.8, 4) is 0 Å². The van der Waals surface area contributed by atoms with Crippen LogP contribution in [0, 0.1) is 0 Å². The minimum absolute atomic E-state index is 0.311. The van der Waals surface area contributed by atoms with E-state index in [2.05, 4.69) is 5.32 Å². The van der Waals surface area contributed by atoms with Crippen molar-refractivity contribution in [2.24, 2.45) is 0 Å². The number of alkyl halides is 3. The number of amides is 1. The molecule has 1 amide bonds. The van der Waals surface area contributed by atoms with E-state index in [1.54, 1.807) is 0 Å². The molecule has 0 radical (unpaired) electrons. The highest BCUT2D eigenvalue weighted by molar-refractivity contribution is 5.91. The smallest absolute Gasteiger partial charge is 0.353 e. The van der Waals surface area contributed by atoms with Crippen LogP contribution in [0.15, 0.2) is 30.3 Å². The maximum absolute atomic E-state index is 12.4. The number of carbonyl (C=O) groups is 1. The lowest BCUT2D eigenvalue weighted by atomic mass is 10.1. The van der Waals surface area contributed by atoms with Crippen LogP contribution >= 0.6 is 0 Å². The fraction of sp³-hybridized carbons (Fsp3) is 0.308. The van der Waals surface area contributed by atoms with Gasteiger partial charge in [-0.1, -0.05) is 19.1 Å². The Morgan fingerprint density at radius 3 is 2.72 bits per heavy atom. The lowest BCUT2D eigenvalue weighted by Gasteiger charge is -2.06. The number of nitrogens with one attached hydrogen (secondary N) is 1. The maximum atomic E-state index is 12.4. The number of rotatable bonds is 4. The van der Waals surface area contributed by atoms with Gasteiger partial charge in [0.2, 0.25) is 5.91 Å². The number of benzene rings is 1. The molecule has 0 spiro atoms. The van der Waals surface area contributed by atoms with Crippen molar-refractivity contribution in [1.29, 1.82) is 0 Å². The summed E-state index contributed by atoms with van der Waals surface area (Å²) in [6.07, 6.45) is -0.969. The molecule has 1 rings (SSSR count). The molecule has 18 heavy (non-hydrogen) atoms. The summed E-state index contributed by atoms with van der Waals surface area (Å²) in [7, 11) is 0. The molecule has 0 unspecified atom stereocenters. The molecule has 5 heteroatoms. The van der Waals surface area contributed by atoms with Crippen molar-refractivity contribution in [3.05, 3.63) is 41.5 Å².